The lowest BCUT2D eigenvalue weighted by Gasteiger charge is -2.18. The Kier molecular flexibility index (Phi) is 23.9. The molecule has 5 amide bonds. The average molecular weight is 614 g/mol. The highest BCUT2D eigenvalue weighted by Crippen LogP contribution is 2.17. The smallest absolute Gasteiger partial charge is 0.242 e. The van der Waals surface area contributed by atoms with Crippen LogP contribution in [0.15, 0.2) is 0 Å². The predicted molar refractivity (Wildman–Crippen MR) is 161 cm³/mol. The Labute approximate surface area is 256 Å². The third kappa shape index (κ3) is 22.3. The van der Waals surface area contributed by atoms with Gasteiger partial charge in [-0.25, -0.2) is 5.06 Å². The highest BCUT2D eigenvalue weighted by molar-refractivity contribution is 5.89. The summed E-state index contributed by atoms with van der Waals surface area (Å²) in [6, 6.07) is 0. The molecule has 0 fully saturated rings. The van der Waals surface area contributed by atoms with Gasteiger partial charge in [0.25, 0.3) is 0 Å². The van der Waals surface area contributed by atoms with Crippen molar-refractivity contribution in [2.45, 2.75) is 116 Å². The number of ketones is 1. The maximum atomic E-state index is 12.2. The Hall–Kier alpha value is -2.90. The molecule has 13 nitrogen and oxygen atoms in total. The zero-order valence-corrected chi connectivity index (χ0v) is 26.2. The number of rotatable bonds is 27. The van der Waals surface area contributed by atoms with Gasteiger partial charge in [0.2, 0.25) is 30.0 Å². The van der Waals surface area contributed by atoms with Gasteiger partial charge >= 0.3 is 0 Å². The maximum Gasteiger partial charge on any atom is 0.242 e. The lowest BCUT2D eigenvalue weighted by atomic mass is 9.93. The van der Waals surface area contributed by atoms with Gasteiger partial charge in [0, 0.05) is 65.2 Å². The number of Topliss-reactive ketones (excluding diaryl/α,β-unsaturated/α-hetero) is 1. The van der Waals surface area contributed by atoms with Gasteiger partial charge in [0.1, 0.15) is 5.78 Å². The van der Waals surface area contributed by atoms with Crippen molar-refractivity contribution in [3.63, 3.8) is 0 Å². The molecule has 13 heteroatoms. The zero-order valence-electron chi connectivity index (χ0n) is 26.2. The van der Waals surface area contributed by atoms with Gasteiger partial charge in [-0.1, -0.05) is 26.2 Å². The van der Waals surface area contributed by atoms with Crippen molar-refractivity contribution in [2.75, 3.05) is 32.7 Å². The van der Waals surface area contributed by atoms with Crippen LogP contribution >= 0.6 is 0 Å². The number of nitrogens with two attached hydrogens (primary N) is 1. The summed E-state index contributed by atoms with van der Waals surface area (Å²) in [5.41, 5.74) is 5.44. The van der Waals surface area contributed by atoms with Crippen molar-refractivity contribution in [3.05, 3.63) is 0 Å². The first-order valence-electron chi connectivity index (χ1n) is 15.7. The fraction of sp³-hybridized carbons (Fsp3) is 0.800. The van der Waals surface area contributed by atoms with Crippen molar-refractivity contribution in [1.82, 2.24) is 20.6 Å². The molecule has 0 spiro atoms. The second kappa shape index (κ2) is 25.6. The van der Waals surface area contributed by atoms with Gasteiger partial charge in [0.05, 0.1) is 6.10 Å². The number of unbranched alkanes of at least 4 members (excludes halogenated alkanes) is 6. The first-order chi connectivity index (χ1) is 20.5. The van der Waals surface area contributed by atoms with E-state index in [-0.39, 0.29) is 68.1 Å². The van der Waals surface area contributed by atoms with E-state index in [1.54, 1.807) is 0 Å². The van der Waals surface area contributed by atoms with Crippen LogP contribution < -0.4 is 16.4 Å². The molecular weight excluding hydrogens is 558 g/mol. The number of nitrogens with one attached hydrogen (secondary N) is 2. The molecule has 0 bridgehead atoms. The minimum absolute atomic E-state index is 0.00622. The van der Waals surface area contributed by atoms with Gasteiger partial charge in [-0.3, -0.25) is 38.9 Å². The van der Waals surface area contributed by atoms with E-state index in [1.165, 1.54) is 6.92 Å². The van der Waals surface area contributed by atoms with Crippen molar-refractivity contribution in [1.29, 1.82) is 0 Å². The van der Waals surface area contributed by atoms with E-state index in [0.29, 0.717) is 56.9 Å². The molecule has 0 saturated carbocycles. The molecule has 0 aromatic rings. The van der Waals surface area contributed by atoms with E-state index in [1.807, 2.05) is 6.92 Å². The van der Waals surface area contributed by atoms with Crippen LogP contribution in [0, 0.1) is 5.92 Å². The summed E-state index contributed by atoms with van der Waals surface area (Å²) in [6.07, 6.45) is 7.46. The molecule has 0 saturated heterocycles. The van der Waals surface area contributed by atoms with Crippen LogP contribution in [-0.4, -0.2) is 94.9 Å². The molecule has 43 heavy (non-hydrogen) atoms. The van der Waals surface area contributed by atoms with E-state index >= 15 is 0 Å². The Morgan fingerprint density at radius 2 is 1.35 bits per heavy atom. The standard InChI is InChI=1S/C30H55N5O8/c1-24(27(39)22-26(38)13-14-28(40)32-19-9-5-11-21-35(43)25(2)37)12-6-3-8-18-33-29(41)15-16-30(42)34(23-36)20-10-4-7-17-31/h23-24,27,39,43H,3-22,31H2,1-2H3,(H,32,40)(H,33,41). The SMILES string of the molecule is CC(=O)N(O)CCCCCNC(=O)CCC(=O)CC(O)C(C)CCCCCNC(=O)CCC(=O)N(C=O)CCCCCN. The number of nitrogens with zero attached hydrogens (tertiary/aromatic N) is 2. The number of aliphatic hydroxyl groups is 1. The molecule has 2 unspecified atom stereocenters. The Morgan fingerprint density at radius 3 is 1.93 bits per heavy atom. The topological polar surface area (TPSA) is 199 Å². The van der Waals surface area contributed by atoms with Crippen molar-refractivity contribution < 1.29 is 39.1 Å². The number of hydrogen-bond donors (Lipinski definition) is 5. The Balaban J connectivity index is 3.89. The van der Waals surface area contributed by atoms with Gasteiger partial charge in [-0.2, -0.15) is 0 Å². The molecule has 0 rings (SSSR count). The molecule has 0 aliphatic heterocycles. The van der Waals surface area contributed by atoms with Crippen LogP contribution in [0.1, 0.15) is 110 Å². The summed E-state index contributed by atoms with van der Waals surface area (Å²) in [7, 11) is 0. The second-order valence-corrected chi connectivity index (χ2v) is 11.1. The zero-order chi connectivity index (χ0) is 32.5. The highest BCUT2D eigenvalue weighted by Gasteiger charge is 2.18. The third-order valence-electron chi connectivity index (χ3n) is 7.23. The van der Waals surface area contributed by atoms with Crippen LogP contribution in [0.3, 0.4) is 0 Å². The largest absolute Gasteiger partial charge is 0.392 e. The van der Waals surface area contributed by atoms with E-state index in [0.717, 1.165) is 49.8 Å². The minimum Gasteiger partial charge on any atom is -0.392 e. The Morgan fingerprint density at radius 1 is 0.791 bits per heavy atom. The number of amides is 5. The molecule has 6 N–H and O–H groups in total. The molecule has 0 aliphatic carbocycles. The van der Waals surface area contributed by atoms with Crippen molar-refractivity contribution in [2.24, 2.45) is 11.7 Å². The number of carbonyl (C=O) groups is 6. The number of carbonyl (C=O) groups excluding carboxylic acids is 6. The Bertz CT molecular complexity index is 841. The first-order valence-corrected chi connectivity index (χ1v) is 15.7. The summed E-state index contributed by atoms with van der Waals surface area (Å²) in [5, 5.41) is 25.9. The second-order valence-electron chi connectivity index (χ2n) is 11.1. The fourth-order valence-corrected chi connectivity index (χ4v) is 4.31. The molecule has 0 aromatic heterocycles. The lowest BCUT2D eigenvalue weighted by molar-refractivity contribution is -0.162. The van der Waals surface area contributed by atoms with Crippen molar-refractivity contribution in [3.8, 4) is 0 Å². The number of hydroxylamine groups is 2. The molecule has 0 heterocycles. The van der Waals surface area contributed by atoms with Crippen LogP contribution in [-0.2, 0) is 28.8 Å². The maximum absolute atomic E-state index is 12.2. The van der Waals surface area contributed by atoms with Crippen molar-refractivity contribution >= 4 is 35.8 Å². The normalized spacial score (nSPS) is 12.2. The summed E-state index contributed by atoms with van der Waals surface area (Å²) in [5.74, 6) is -1.47. The van der Waals surface area contributed by atoms with Crippen LogP contribution in [0.2, 0.25) is 0 Å². The van der Waals surface area contributed by atoms with Crippen LogP contribution in [0.5, 0.6) is 0 Å². The monoisotopic (exact) mass is 613 g/mol. The lowest BCUT2D eigenvalue weighted by Crippen LogP contribution is -2.32. The van der Waals surface area contributed by atoms with Gasteiger partial charge in [0.15, 0.2) is 0 Å². The first kappa shape index (κ1) is 40.1. The molecule has 248 valence electrons. The summed E-state index contributed by atoms with van der Waals surface area (Å²) in [4.78, 5) is 71.5. The van der Waals surface area contributed by atoms with Gasteiger partial charge in [-0.15, -0.1) is 0 Å². The molecular formula is C30H55N5O8. The van der Waals surface area contributed by atoms with E-state index in [4.69, 9.17) is 5.73 Å². The van der Waals surface area contributed by atoms with Gasteiger partial charge < -0.3 is 21.5 Å². The van der Waals surface area contributed by atoms with Gasteiger partial charge in [-0.05, 0) is 57.4 Å². The molecule has 2 atom stereocenters. The molecule has 0 aromatic carbocycles. The summed E-state index contributed by atoms with van der Waals surface area (Å²) < 4.78 is 0. The van der Waals surface area contributed by atoms with Crippen LogP contribution in [0.25, 0.3) is 0 Å². The van der Waals surface area contributed by atoms with E-state index < -0.39 is 12.0 Å². The average Bonchev–Trinajstić information content (AvgIpc) is 2.97. The fourth-order valence-electron chi connectivity index (χ4n) is 4.31. The number of aliphatic hydroxyl groups excluding tert-OH is 1. The number of imide groups is 1. The quantitative estimate of drug-likeness (QED) is 0.0397. The summed E-state index contributed by atoms with van der Waals surface area (Å²) >= 11 is 0. The number of hydrogen-bond acceptors (Lipinski definition) is 9. The predicted octanol–water partition coefficient (Wildman–Crippen LogP) is 1.82. The van der Waals surface area contributed by atoms with Crippen LogP contribution in [0.4, 0.5) is 0 Å². The minimum atomic E-state index is -0.777. The third-order valence-corrected chi connectivity index (χ3v) is 7.23. The highest BCUT2D eigenvalue weighted by atomic mass is 16.5. The molecule has 0 radical (unpaired) electrons. The van der Waals surface area contributed by atoms with E-state index in [2.05, 4.69) is 10.6 Å². The molecule has 0 aliphatic rings. The summed E-state index contributed by atoms with van der Waals surface area (Å²) in [6.45, 7) is 5.26. The van der Waals surface area contributed by atoms with E-state index in [9.17, 15) is 39.1 Å².